The molecule has 28 heavy (non-hydrogen) atoms. The molecule has 0 aromatic rings. The van der Waals surface area contributed by atoms with Crippen LogP contribution in [0.25, 0.3) is 0 Å². The molecule has 0 spiro atoms. The van der Waals surface area contributed by atoms with Crippen LogP contribution in [0.1, 0.15) is 66.7 Å². The summed E-state index contributed by atoms with van der Waals surface area (Å²) < 4.78 is 11.5. The van der Waals surface area contributed by atoms with E-state index < -0.39 is 40.9 Å². The number of rotatable bonds is 1. The van der Waals surface area contributed by atoms with Gasteiger partial charge in [-0.3, -0.25) is 14.4 Å². The molecular weight excluding hydrogens is 380 g/mol. The minimum Gasteiger partial charge on any atom is -0.458 e. The number of cyclic esters (lactones) is 1. The van der Waals surface area contributed by atoms with E-state index in [1.165, 1.54) is 0 Å². The zero-order chi connectivity index (χ0) is 21.2. The summed E-state index contributed by atoms with van der Waals surface area (Å²) in [6.07, 6.45) is 0.962. The van der Waals surface area contributed by atoms with Gasteiger partial charge in [0.2, 0.25) is 0 Å². The highest BCUT2D eigenvalue weighted by Crippen LogP contribution is 2.45. The maximum Gasteiger partial charge on any atom is 0.319 e. The standard InChI is InChI=1S/C21H34O6S/c1-6-16-21(5)17(18(28)20(25)27-21)13(4)15(23)8-7-14(22)10-11(2)9-12(3)19(24)26-16/h11-14,16-18,22,28H,6-10H2,1-5H3/t11-,12?,13?,14?,16+,17?,18?,21+/m0/s1. The van der Waals surface area contributed by atoms with Gasteiger partial charge in [0.05, 0.1) is 12.0 Å². The number of carbonyl (C=O) groups excluding carboxylic acids is 3. The van der Waals surface area contributed by atoms with E-state index in [1.807, 2.05) is 20.8 Å². The van der Waals surface area contributed by atoms with Gasteiger partial charge < -0.3 is 14.6 Å². The number of esters is 2. The highest BCUT2D eigenvalue weighted by atomic mass is 32.1. The Labute approximate surface area is 173 Å². The second-order valence-corrected chi connectivity index (χ2v) is 9.39. The first-order valence-corrected chi connectivity index (χ1v) is 10.8. The average molecular weight is 415 g/mol. The first kappa shape index (κ1) is 23.2. The summed E-state index contributed by atoms with van der Waals surface area (Å²) >= 11 is 4.43. The van der Waals surface area contributed by atoms with Gasteiger partial charge in [-0.05, 0) is 38.5 Å². The molecule has 6 nitrogen and oxygen atoms in total. The van der Waals surface area contributed by atoms with Crippen LogP contribution >= 0.6 is 12.6 Å². The third-order valence-corrected chi connectivity index (χ3v) is 6.97. The molecule has 5 unspecified atom stereocenters. The van der Waals surface area contributed by atoms with Crippen molar-refractivity contribution < 1.29 is 29.0 Å². The van der Waals surface area contributed by atoms with Gasteiger partial charge in [-0.25, -0.2) is 0 Å². The van der Waals surface area contributed by atoms with Crippen molar-refractivity contribution in [1.29, 1.82) is 0 Å². The van der Waals surface area contributed by atoms with Crippen LogP contribution < -0.4 is 0 Å². The molecule has 2 aliphatic rings. The number of aliphatic hydroxyl groups is 1. The van der Waals surface area contributed by atoms with Crippen molar-refractivity contribution in [2.45, 2.75) is 89.8 Å². The predicted molar refractivity (Wildman–Crippen MR) is 108 cm³/mol. The molecule has 0 bridgehead atoms. The van der Waals surface area contributed by atoms with Crippen LogP contribution in [0.3, 0.4) is 0 Å². The van der Waals surface area contributed by atoms with E-state index in [4.69, 9.17) is 9.47 Å². The number of fused-ring (bicyclic) bond motifs is 1. The van der Waals surface area contributed by atoms with Crippen molar-refractivity contribution in [3.05, 3.63) is 0 Å². The second kappa shape index (κ2) is 9.16. The van der Waals surface area contributed by atoms with E-state index in [-0.39, 0.29) is 30.0 Å². The van der Waals surface area contributed by atoms with E-state index in [0.717, 1.165) is 0 Å². The number of thiol groups is 1. The van der Waals surface area contributed by atoms with Crippen molar-refractivity contribution in [1.82, 2.24) is 0 Å². The van der Waals surface area contributed by atoms with Crippen molar-refractivity contribution >= 4 is 30.4 Å². The zero-order valence-corrected chi connectivity index (χ0v) is 18.4. The molecule has 0 radical (unpaired) electrons. The maximum absolute atomic E-state index is 12.8. The van der Waals surface area contributed by atoms with E-state index in [9.17, 15) is 19.5 Å². The Morgan fingerprint density at radius 2 is 1.79 bits per heavy atom. The van der Waals surface area contributed by atoms with Crippen molar-refractivity contribution in [2.24, 2.45) is 23.7 Å². The third-order valence-electron chi connectivity index (χ3n) is 6.44. The van der Waals surface area contributed by atoms with Gasteiger partial charge in [-0.2, -0.15) is 12.6 Å². The monoisotopic (exact) mass is 414 g/mol. The molecule has 0 saturated carbocycles. The molecule has 0 aromatic heterocycles. The summed E-state index contributed by atoms with van der Waals surface area (Å²) in [4.78, 5) is 37.9. The van der Waals surface area contributed by atoms with Gasteiger partial charge in [0.25, 0.3) is 0 Å². The first-order valence-electron chi connectivity index (χ1n) is 10.3. The molecule has 7 heteroatoms. The molecule has 160 valence electrons. The fraction of sp³-hybridized carbons (Fsp3) is 0.857. The minimum atomic E-state index is -1.11. The van der Waals surface area contributed by atoms with Crippen LogP contribution in [0.2, 0.25) is 0 Å². The molecule has 2 rings (SSSR count). The number of Topliss-reactive ketones (excluding diaryl/α,β-unsaturated/α-hetero) is 1. The largest absolute Gasteiger partial charge is 0.458 e. The highest BCUT2D eigenvalue weighted by molar-refractivity contribution is 7.81. The normalized spacial score (nSPS) is 43.7. The Hall–Kier alpha value is -1.08. The lowest BCUT2D eigenvalue weighted by atomic mass is 9.73. The smallest absolute Gasteiger partial charge is 0.319 e. The number of ether oxygens (including phenoxy) is 2. The number of ketones is 1. The van der Waals surface area contributed by atoms with Crippen LogP contribution in [0.15, 0.2) is 0 Å². The number of hydrogen-bond acceptors (Lipinski definition) is 7. The van der Waals surface area contributed by atoms with Gasteiger partial charge in [-0.15, -0.1) is 0 Å². The van der Waals surface area contributed by atoms with Crippen molar-refractivity contribution in [2.75, 3.05) is 0 Å². The van der Waals surface area contributed by atoms with Gasteiger partial charge in [-0.1, -0.05) is 27.7 Å². The Kier molecular flexibility index (Phi) is 7.59. The fourth-order valence-corrected chi connectivity index (χ4v) is 5.44. The summed E-state index contributed by atoms with van der Waals surface area (Å²) in [5, 5.41) is 9.54. The topological polar surface area (TPSA) is 89.9 Å². The van der Waals surface area contributed by atoms with Crippen LogP contribution in [0.5, 0.6) is 0 Å². The van der Waals surface area contributed by atoms with Crippen molar-refractivity contribution in [3.8, 4) is 0 Å². The number of carbonyl (C=O) groups is 3. The quantitative estimate of drug-likeness (QED) is 0.506. The fourth-order valence-electron chi connectivity index (χ4n) is 4.83. The molecule has 2 aliphatic heterocycles. The Bertz CT molecular complexity index is 608. The van der Waals surface area contributed by atoms with E-state index >= 15 is 0 Å². The van der Waals surface area contributed by atoms with Crippen LogP contribution in [0, 0.1) is 23.7 Å². The summed E-state index contributed by atoms with van der Waals surface area (Å²) in [7, 11) is 0. The average Bonchev–Trinajstić information content (AvgIpc) is 2.85. The predicted octanol–water partition coefficient (Wildman–Crippen LogP) is 2.95. The SMILES string of the molecule is CC[C@H]1OC(=O)C(C)C[C@H](C)CC(O)CCC(=O)C(C)C2C(S)C(=O)O[C@@]21C. The molecule has 1 N–H and O–H groups in total. The molecule has 2 saturated heterocycles. The zero-order valence-electron chi connectivity index (χ0n) is 17.5. The molecule has 0 amide bonds. The lowest BCUT2D eigenvalue weighted by molar-refractivity contribution is -0.183. The lowest BCUT2D eigenvalue weighted by Crippen LogP contribution is -2.51. The van der Waals surface area contributed by atoms with Crippen LogP contribution in [0.4, 0.5) is 0 Å². The van der Waals surface area contributed by atoms with Gasteiger partial charge >= 0.3 is 11.9 Å². The highest BCUT2D eigenvalue weighted by Gasteiger charge is 2.59. The third kappa shape index (κ3) is 4.73. The second-order valence-electron chi connectivity index (χ2n) is 8.83. The Morgan fingerprint density at radius 1 is 1.14 bits per heavy atom. The van der Waals surface area contributed by atoms with Crippen LogP contribution in [-0.4, -0.2) is 45.9 Å². The Morgan fingerprint density at radius 3 is 2.39 bits per heavy atom. The van der Waals surface area contributed by atoms with Crippen molar-refractivity contribution in [3.63, 3.8) is 0 Å². The molecule has 2 heterocycles. The summed E-state index contributed by atoms with van der Waals surface area (Å²) in [6.45, 7) is 9.19. The van der Waals surface area contributed by atoms with E-state index in [2.05, 4.69) is 12.6 Å². The minimum absolute atomic E-state index is 0.0353. The Balaban J connectivity index is 2.40. The summed E-state index contributed by atoms with van der Waals surface area (Å²) in [6, 6.07) is 0. The number of aliphatic hydroxyl groups excluding tert-OH is 1. The summed E-state index contributed by atoms with van der Waals surface area (Å²) in [5.74, 6) is -2.09. The van der Waals surface area contributed by atoms with Gasteiger partial charge in [0.15, 0.2) is 5.60 Å². The maximum atomic E-state index is 12.8. The number of hydrogen-bond donors (Lipinski definition) is 2. The van der Waals surface area contributed by atoms with E-state index in [1.54, 1.807) is 13.8 Å². The molecule has 2 fully saturated rings. The van der Waals surface area contributed by atoms with E-state index in [0.29, 0.717) is 25.7 Å². The van der Waals surface area contributed by atoms with Gasteiger partial charge in [0, 0.05) is 18.3 Å². The molecule has 0 aromatic carbocycles. The van der Waals surface area contributed by atoms with Gasteiger partial charge in [0.1, 0.15) is 17.1 Å². The first-order chi connectivity index (χ1) is 13.0. The molecule has 0 aliphatic carbocycles. The molecule has 8 atom stereocenters. The van der Waals surface area contributed by atoms with Crippen LogP contribution in [-0.2, 0) is 23.9 Å². The molecular formula is C21H34O6S. The lowest BCUT2D eigenvalue weighted by Gasteiger charge is -2.39. The summed E-state index contributed by atoms with van der Waals surface area (Å²) in [5.41, 5.74) is -1.11.